The molecule has 1 aromatic rings. The van der Waals surface area contributed by atoms with E-state index in [9.17, 15) is 5.11 Å². The standard InChI is InChI=1S/C10H11NO2.Mn/c1-7-3-2-4-8(9(7)12)10-11-5-6-13-10;/h2-4,12H,5-6H2,1H3;. The molecule has 3 nitrogen and oxygen atoms in total. The van der Waals surface area contributed by atoms with Gasteiger partial charge in [0.2, 0.25) is 5.90 Å². The van der Waals surface area contributed by atoms with Gasteiger partial charge in [0.15, 0.2) is 0 Å². The van der Waals surface area contributed by atoms with E-state index in [0.717, 1.165) is 5.56 Å². The molecule has 0 aliphatic carbocycles. The molecule has 1 aliphatic rings. The summed E-state index contributed by atoms with van der Waals surface area (Å²) in [7, 11) is 0. The number of aromatic hydroxyl groups is 1. The van der Waals surface area contributed by atoms with Gasteiger partial charge in [0.25, 0.3) is 0 Å². The van der Waals surface area contributed by atoms with Crippen LogP contribution in [0.2, 0.25) is 0 Å². The van der Waals surface area contributed by atoms with Crippen molar-refractivity contribution < 1.29 is 26.9 Å². The first-order chi connectivity index (χ1) is 6.29. The average molecular weight is 232 g/mol. The van der Waals surface area contributed by atoms with Crippen LogP contribution in [0.15, 0.2) is 23.2 Å². The molecule has 1 heterocycles. The zero-order valence-corrected chi connectivity index (χ0v) is 9.01. The molecule has 1 aromatic carbocycles. The van der Waals surface area contributed by atoms with E-state index < -0.39 is 0 Å². The van der Waals surface area contributed by atoms with Crippen molar-refractivity contribution in [3.63, 3.8) is 0 Å². The second-order valence-corrected chi connectivity index (χ2v) is 3.01. The van der Waals surface area contributed by atoms with Gasteiger partial charge in [-0.25, -0.2) is 4.99 Å². The molecule has 1 aliphatic heterocycles. The Balaban J connectivity index is 0.000000980. The molecule has 0 saturated carbocycles. The van der Waals surface area contributed by atoms with Gasteiger partial charge in [-0.05, 0) is 18.6 Å². The predicted octanol–water partition coefficient (Wildman–Crippen LogP) is 1.47. The van der Waals surface area contributed by atoms with E-state index in [4.69, 9.17) is 4.74 Å². The molecule has 0 bridgehead atoms. The van der Waals surface area contributed by atoms with Crippen molar-refractivity contribution >= 4 is 5.90 Å². The number of benzene rings is 1. The quantitative estimate of drug-likeness (QED) is 0.745. The summed E-state index contributed by atoms with van der Waals surface area (Å²) in [6.07, 6.45) is 0. The fourth-order valence-electron chi connectivity index (χ4n) is 1.33. The molecule has 1 N–H and O–H groups in total. The Morgan fingerprint density at radius 3 is 2.86 bits per heavy atom. The first-order valence-electron chi connectivity index (χ1n) is 4.25. The fraction of sp³-hybridized carbons (Fsp3) is 0.300. The zero-order chi connectivity index (χ0) is 9.26. The molecule has 0 unspecified atom stereocenters. The van der Waals surface area contributed by atoms with Crippen molar-refractivity contribution in [2.75, 3.05) is 13.2 Å². The maximum absolute atomic E-state index is 9.70. The van der Waals surface area contributed by atoms with Crippen molar-refractivity contribution in [3.05, 3.63) is 29.3 Å². The van der Waals surface area contributed by atoms with Crippen molar-refractivity contribution in [3.8, 4) is 5.75 Å². The summed E-state index contributed by atoms with van der Waals surface area (Å²) in [5.74, 6) is 0.823. The van der Waals surface area contributed by atoms with E-state index in [1.165, 1.54) is 0 Å². The largest absolute Gasteiger partial charge is 0.507 e. The molecule has 0 saturated heterocycles. The molecule has 0 aromatic heterocycles. The molecule has 1 radical (unpaired) electrons. The summed E-state index contributed by atoms with van der Waals surface area (Å²) < 4.78 is 5.26. The van der Waals surface area contributed by atoms with Crippen LogP contribution in [-0.2, 0) is 21.8 Å². The summed E-state index contributed by atoms with van der Waals surface area (Å²) >= 11 is 0. The molecule has 0 atom stereocenters. The summed E-state index contributed by atoms with van der Waals surface area (Å²) in [5.41, 5.74) is 1.54. The topological polar surface area (TPSA) is 41.8 Å². The van der Waals surface area contributed by atoms with E-state index in [0.29, 0.717) is 24.6 Å². The third kappa shape index (κ3) is 1.91. The van der Waals surface area contributed by atoms with E-state index in [1.807, 2.05) is 25.1 Å². The van der Waals surface area contributed by atoms with Crippen LogP contribution in [0.25, 0.3) is 0 Å². The smallest absolute Gasteiger partial charge is 0.220 e. The molecule has 2 rings (SSSR count). The Kier molecular flexibility index (Phi) is 3.55. The number of phenolic OH excluding ortho intramolecular Hbond substituents is 1. The van der Waals surface area contributed by atoms with Crippen LogP contribution in [0.4, 0.5) is 0 Å². The molecular weight excluding hydrogens is 221 g/mol. The van der Waals surface area contributed by atoms with Crippen LogP contribution in [0, 0.1) is 6.92 Å². The van der Waals surface area contributed by atoms with Crippen molar-refractivity contribution in [2.24, 2.45) is 4.99 Å². The first kappa shape index (κ1) is 11.1. The maximum atomic E-state index is 9.70. The van der Waals surface area contributed by atoms with Gasteiger partial charge in [0.1, 0.15) is 12.4 Å². The summed E-state index contributed by atoms with van der Waals surface area (Å²) in [6.45, 7) is 3.15. The van der Waals surface area contributed by atoms with Gasteiger partial charge in [-0.1, -0.05) is 12.1 Å². The van der Waals surface area contributed by atoms with Crippen LogP contribution >= 0.6 is 0 Å². The minimum atomic E-state index is 0. The van der Waals surface area contributed by atoms with Gasteiger partial charge in [-0.3, -0.25) is 0 Å². The normalized spacial score (nSPS) is 14.2. The number of para-hydroxylation sites is 1. The number of aryl methyl sites for hydroxylation is 1. The monoisotopic (exact) mass is 232 g/mol. The maximum Gasteiger partial charge on any atom is 0.220 e. The van der Waals surface area contributed by atoms with E-state index in [1.54, 1.807) is 0 Å². The van der Waals surface area contributed by atoms with Crippen LogP contribution in [0.3, 0.4) is 0 Å². The SMILES string of the molecule is Cc1cccc(C2=NCCO2)c1O.[Mn]. The Hall–Kier alpha value is -0.991. The van der Waals surface area contributed by atoms with E-state index >= 15 is 0 Å². The molecular formula is C10H11MnNO2. The number of ether oxygens (including phenoxy) is 1. The average Bonchev–Trinajstić information content (AvgIpc) is 2.62. The third-order valence-electron chi connectivity index (χ3n) is 2.05. The minimum absolute atomic E-state index is 0. The van der Waals surface area contributed by atoms with Gasteiger partial charge < -0.3 is 9.84 Å². The van der Waals surface area contributed by atoms with Crippen LogP contribution in [0.5, 0.6) is 5.75 Å². The Morgan fingerprint density at radius 2 is 2.21 bits per heavy atom. The molecule has 14 heavy (non-hydrogen) atoms. The van der Waals surface area contributed by atoms with Crippen molar-refractivity contribution in [1.29, 1.82) is 0 Å². The number of hydrogen-bond acceptors (Lipinski definition) is 3. The van der Waals surface area contributed by atoms with Crippen molar-refractivity contribution in [2.45, 2.75) is 6.92 Å². The second kappa shape index (κ2) is 4.49. The second-order valence-electron chi connectivity index (χ2n) is 3.01. The first-order valence-corrected chi connectivity index (χ1v) is 4.25. The minimum Gasteiger partial charge on any atom is -0.507 e. The van der Waals surface area contributed by atoms with Gasteiger partial charge in [-0.15, -0.1) is 0 Å². The van der Waals surface area contributed by atoms with Crippen molar-refractivity contribution in [1.82, 2.24) is 0 Å². The zero-order valence-electron chi connectivity index (χ0n) is 7.83. The summed E-state index contributed by atoms with van der Waals surface area (Å²) in [4.78, 5) is 4.14. The van der Waals surface area contributed by atoms with Gasteiger partial charge in [-0.2, -0.15) is 0 Å². The number of hydrogen-bond donors (Lipinski definition) is 1. The number of aliphatic imine (C=N–C) groups is 1. The van der Waals surface area contributed by atoms with Gasteiger partial charge >= 0.3 is 0 Å². The number of rotatable bonds is 1. The fourth-order valence-corrected chi connectivity index (χ4v) is 1.33. The Labute approximate surface area is 93.3 Å². The molecule has 75 valence electrons. The molecule has 0 amide bonds. The number of phenols is 1. The summed E-state index contributed by atoms with van der Waals surface area (Å²) in [5, 5.41) is 9.70. The van der Waals surface area contributed by atoms with E-state index in [-0.39, 0.29) is 22.8 Å². The van der Waals surface area contributed by atoms with Crippen LogP contribution in [-0.4, -0.2) is 24.2 Å². The Bertz CT molecular complexity index is 363. The van der Waals surface area contributed by atoms with E-state index in [2.05, 4.69) is 4.99 Å². The third-order valence-corrected chi connectivity index (χ3v) is 2.05. The van der Waals surface area contributed by atoms with Crippen LogP contribution in [0.1, 0.15) is 11.1 Å². The molecule has 0 fully saturated rings. The molecule has 0 spiro atoms. The predicted molar refractivity (Wildman–Crippen MR) is 50.2 cm³/mol. The van der Waals surface area contributed by atoms with Gasteiger partial charge in [0, 0.05) is 17.1 Å². The molecule has 4 heteroatoms. The summed E-state index contributed by atoms with van der Waals surface area (Å²) in [6, 6.07) is 5.55. The van der Waals surface area contributed by atoms with Gasteiger partial charge in [0.05, 0.1) is 12.1 Å². The number of nitrogens with zero attached hydrogens (tertiary/aromatic N) is 1. The van der Waals surface area contributed by atoms with Crippen LogP contribution < -0.4 is 0 Å². The Morgan fingerprint density at radius 1 is 1.43 bits per heavy atom.